The van der Waals surface area contributed by atoms with Gasteiger partial charge in [-0.15, -0.1) is 0 Å². The highest BCUT2D eigenvalue weighted by molar-refractivity contribution is 5.96. The van der Waals surface area contributed by atoms with Gasteiger partial charge in [0.2, 0.25) is 5.91 Å². The zero-order chi connectivity index (χ0) is 16.6. The predicted octanol–water partition coefficient (Wildman–Crippen LogP) is 0.921. The van der Waals surface area contributed by atoms with Gasteiger partial charge in [-0.3, -0.25) is 14.4 Å². The summed E-state index contributed by atoms with van der Waals surface area (Å²) in [6.45, 7) is 2.96. The lowest BCUT2D eigenvalue weighted by Gasteiger charge is -2.37. The Morgan fingerprint density at radius 3 is 2.52 bits per heavy atom. The van der Waals surface area contributed by atoms with E-state index in [1.807, 2.05) is 11.8 Å². The maximum atomic E-state index is 12.6. The third-order valence-corrected chi connectivity index (χ3v) is 5.02. The van der Waals surface area contributed by atoms with E-state index in [0.717, 1.165) is 18.5 Å². The molecule has 0 aromatic carbocycles. The van der Waals surface area contributed by atoms with Gasteiger partial charge in [0, 0.05) is 44.1 Å². The molecule has 2 fully saturated rings. The molecule has 2 aliphatic rings. The van der Waals surface area contributed by atoms with Gasteiger partial charge in [-0.05, 0) is 19.8 Å². The van der Waals surface area contributed by atoms with Crippen LogP contribution >= 0.6 is 0 Å². The highest BCUT2D eigenvalue weighted by Gasteiger charge is 2.33. The molecular formula is C17H23N3O3. The molecule has 2 amide bonds. The number of rotatable bonds is 2. The quantitative estimate of drug-likeness (QED) is 0.815. The van der Waals surface area contributed by atoms with Crippen LogP contribution in [-0.4, -0.2) is 51.9 Å². The minimum atomic E-state index is -0.343. The first kappa shape index (κ1) is 15.8. The van der Waals surface area contributed by atoms with E-state index in [-0.39, 0.29) is 29.4 Å². The molecule has 1 saturated carbocycles. The van der Waals surface area contributed by atoms with Crippen molar-refractivity contribution in [1.29, 1.82) is 0 Å². The molecule has 2 heterocycles. The number of carbonyl (C=O) groups is 2. The van der Waals surface area contributed by atoms with Crippen LogP contribution in [0.25, 0.3) is 0 Å². The van der Waals surface area contributed by atoms with E-state index >= 15 is 0 Å². The number of amides is 2. The van der Waals surface area contributed by atoms with E-state index in [4.69, 9.17) is 0 Å². The molecule has 6 heteroatoms. The number of hydrogen-bond donors (Lipinski definition) is 0. The third-order valence-electron chi connectivity index (χ3n) is 5.02. The zero-order valence-electron chi connectivity index (χ0n) is 13.7. The molecule has 3 rings (SSSR count). The summed E-state index contributed by atoms with van der Waals surface area (Å²) >= 11 is 0. The Hall–Kier alpha value is -2.11. The average Bonchev–Trinajstić information content (AvgIpc) is 3.04. The molecule has 1 aliphatic heterocycles. The topological polar surface area (TPSA) is 62.6 Å². The van der Waals surface area contributed by atoms with Crippen LogP contribution in [0.15, 0.2) is 17.1 Å². The van der Waals surface area contributed by atoms with Crippen LogP contribution < -0.4 is 5.43 Å². The van der Waals surface area contributed by atoms with E-state index in [0.29, 0.717) is 19.1 Å². The first-order chi connectivity index (χ1) is 11.0. The molecular weight excluding hydrogens is 294 g/mol. The summed E-state index contributed by atoms with van der Waals surface area (Å²) in [7, 11) is 1.80. The predicted molar refractivity (Wildman–Crippen MR) is 86.3 cm³/mol. The second kappa shape index (κ2) is 6.18. The Labute approximate surface area is 135 Å². The van der Waals surface area contributed by atoms with Crippen LogP contribution in [0, 0.1) is 6.92 Å². The molecule has 0 unspecified atom stereocenters. The Bertz CT molecular complexity index is 689. The summed E-state index contributed by atoms with van der Waals surface area (Å²) in [5.41, 5.74) is 0.658. The fraction of sp³-hybridized carbons (Fsp3) is 0.588. The monoisotopic (exact) mass is 317 g/mol. The second-order valence-corrected chi connectivity index (χ2v) is 6.56. The molecule has 6 nitrogen and oxygen atoms in total. The second-order valence-electron chi connectivity index (χ2n) is 6.56. The fourth-order valence-corrected chi connectivity index (χ4v) is 3.52. The van der Waals surface area contributed by atoms with E-state index in [1.165, 1.54) is 23.8 Å². The van der Waals surface area contributed by atoms with Crippen LogP contribution in [-0.2, 0) is 11.8 Å². The number of hydrogen-bond acceptors (Lipinski definition) is 3. The maximum absolute atomic E-state index is 12.6. The lowest BCUT2D eigenvalue weighted by Crippen LogP contribution is -2.55. The van der Waals surface area contributed by atoms with Crippen LogP contribution in [0.2, 0.25) is 0 Å². The van der Waals surface area contributed by atoms with Crippen molar-refractivity contribution >= 4 is 11.8 Å². The largest absolute Gasteiger partial charge is 0.354 e. The fourth-order valence-electron chi connectivity index (χ4n) is 3.52. The van der Waals surface area contributed by atoms with Gasteiger partial charge < -0.3 is 14.4 Å². The van der Waals surface area contributed by atoms with E-state index < -0.39 is 0 Å². The van der Waals surface area contributed by atoms with Crippen molar-refractivity contribution in [3.63, 3.8) is 0 Å². The molecule has 1 aromatic heterocycles. The summed E-state index contributed by atoms with van der Waals surface area (Å²) in [6, 6.07) is 1.80. The molecule has 0 radical (unpaired) electrons. The van der Waals surface area contributed by atoms with Gasteiger partial charge in [-0.2, -0.15) is 0 Å². The summed E-state index contributed by atoms with van der Waals surface area (Å²) in [5, 5.41) is 0. The molecule has 0 bridgehead atoms. The molecule has 0 atom stereocenters. The smallest absolute Gasteiger partial charge is 0.259 e. The molecule has 1 aliphatic carbocycles. The Kier molecular flexibility index (Phi) is 4.24. The molecule has 0 spiro atoms. The summed E-state index contributed by atoms with van der Waals surface area (Å²) < 4.78 is 1.76. The summed E-state index contributed by atoms with van der Waals surface area (Å²) in [4.78, 5) is 40.5. The first-order valence-corrected chi connectivity index (χ1v) is 8.23. The highest BCUT2D eigenvalue weighted by Crippen LogP contribution is 2.25. The van der Waals surface area contributed by atoms with Crippen molar-refractivity contribution in [2.24, 2.45) is 7.05 Å². The van der Waals surface area contributed by atoms with Crippen molar-refractivity contribution in [2.45, 2.75) is 38.6 Å². The van der Waals surface area contributed by atoms with Gasteiger partial charge in [-0.25, -0.2) is 0 Å². The van der Waals surface area contributed by atoms with Crippen molar-refractivity contribution in [2.75, 3.05) is 19.6 Å². The van der Waals surface area contributed by atoms with Crippen molar-refractivity contribution < 1.29 is 9.59 Å². The standard InChI is InChI=1S/C17H23N3O3/c1-12-9-15(21)14(10-18(12)2)17(23)19-7-8-20(16(22)11-19)13-5-3-4-6-13/h9-10,13H,3-8,11H2,1-2H3. The number of carbonyl (C=O) groups excluding carboxylic acids is 2. The van der Waals surface area contributed by atoms with Crippen LogP contribution in [0.3, 0.4) is 0 Å². The van der Waals surface area contributed by atoms with E-state index in [9.17, 15) is 14.4 Å². The van der Waals surface area contributed by atoms with Crippen LogP contribution in [0.1, 0.15) is 41.7 Å². The average molecular weight is 317 g/mol. The summed E-state index contributed by atoms with van der Waals surface area (Å²) in [6.07, 6.45) is 6.05. The number of pyridine rings is 1. The lowest BCUT2D eigenvalue weighted by molar-refractivity contribution is -0.137. The molecule has 1 saturated heterocycles. The Morgan fingerprint density at radius 2 is 1.87 bits per heavy atom. The summed E-state index contributed by atoms with van der Waals surface area (Å²) in [5.74, 6) is -0.342. The van der Waals surface area contributed by atoms with Gasteiger partial charge in [0.1, 0.15) is 12.1 Å². The number of piperazine rings is 1. The first-order valence-electron chi connectivity index (χ1n) is 8.23. The number of nitrogens with zero attached hydrogens (tertiary/aromatic N) is 3. The van der Waals surface area contributed by atoms with Crippen molar-refractivity contribution in [1.82, 2.24) is 14.4 Å². The maximum Gasteiger partial charge on any atom is 0.259 e. The van der Waals surface area contributed by atoms with E-state index in [2.05, 4.69) is 0 Å². The Balaban J connectivity index is 1.74. The van der Waals surface area contributed by atoms with Gasteiger partial charge in [-0.1, -0.05) is 12.8 Å². The lowest BCUT2D eigenvalue weighted by atomic mass is 10.1. The Morgan fingerprint density at radius 1 is 1.17 bits per heavy atom. The highest BCUT2D eigenvalue weighted by atomic mass is 16.2. The van der Waals surface area contributed by atoms with Gasteiger partial charge in [0.05, 0.1) is 0 Å². The normalized spacial score (nSPS) is 19.5. The minimum absolute atomic E-state index is 0.000403. The molecule has 1 aromatic rings. The SMILES string of the molecule is Cc1cc(=O)c(C(=O)N2CCN(C3CCCC3)C(=O)C2)cn1C. The van der Waals surface area contributed by atoms with Gasteiger partial charge in [0.15, 0.2) is 5.43 Å². The molecule has 0 N–H and O–H groups in total. The van der Waals surface area contributed by atoms with Gasteiger partial charge >= 0.3 is 0 Å². The van der Waals surface area contributed by atoms with Crippen LogP contribution in [0.5, 0.6) is 0 Å². The minimum Gasteiger partial charge on any atom is -0.354 e. The van der Waals surface area contributed by atoms with Crippen molar-refractivity contribution in [3.8, 4) is 0 Å². The number of aromatic nitrogens is 1. The zero-order valence-corrected chi connectivity index (χ0v) is 13.7. The van der Waals surface area contributed by atoms with Crippen molar-refractivity contribution in [3.05, 3.63) is 33.7 Å². The van der Waals surface area contributed by atoms with E-state index in [1.54, 1.807) is 17.8 Å². The molecule has 124 valence electrons. The molecule has 23 heavy (non-hydrogen) atoms. The van der Waals surface area contributed by atoms with Gasteiger partial charge in [0.25, 0.3) is 5.91 Å². The number of aryl methyl sites for hydroxylation is 2. The van der Waals surface area contributed by atoms with Crippen LogP contribution in [0.4, 0.5) is 0 Å². The third kappa shape index (κ3) is 3.02.